The lowest BCUT2D eigenvalue weighted by atomic mass is 9.61. The monoisotopic (exact) mass is 505 g/mol. The van der Waals surface area contributed by atoms with Gasteiger partial charge in [-0.3, -0.25) is 0 Å². The molecule has 2 aromatic heterocycles. The molecule has 0 amide bonds. The van der Waals surface area contributed by atoms with E-state index in [1.807, 2.05) is 0 Å². The summed E-state index contributed by atoms with van der Waals surface area (Å²) in [6, 6.07) is 19.9. The van der Waals surface area contributed by atoms with Crippen LogP contribution < -0.4 is 4.57 Å². The molecular weight excluding hydrogens is 464 g/mol. The summed E-state index contributed by atoms with van der Waals surface area (Å²) in [6.45, 7) is 18.9. The fourth-order valence-corrected chi connectivity index (χ4v) is 7.27. The average Bonchev–Trinajstić information content (AvgIpc) is 3.52. The van der Waals surface area contributed by atoms with Crippen LogP contribution in [0.1, 0.15) is 96.8 Å². The molecule has 196 valence electrons. The summed E-state index contributed by atoms with van der Waals surface area (Å²) in [4.78, 5) is 0. The maximum absolute atomic E-state index is 6.45. The molecule has 0 N–H and O–H groups in total. The largest absolute Gasteiger partial charge is 0.456 e. The summed E-state index contributed by atoms with van der Waals surface area (Å²) in [5.41, 5.74) is 8.77. The molecule has 2 atom stereocenters. The second kappa shape index (κ2) is 8.59. The topological polar surface area (TPSA) is 21.9 Å². The summed E-state index contributed by atoms with van der Waals surface area (Å²) >= 11 is 0. The van der Waals surface area contributed by atoms with Crippen LogP contribution in [0, 0.1) is 0 Å². The third kappa shape index (κ3) is 3.11. The number of rotatable bonds is 5. The summed E-state index contributed by atoms with van der Waals surface area (Å²) in [5.74, 6) is 1.96. The van der Waals surface area contributed by atoms with Crippen molar-refractivity contribution in [3.63, 3.8) is 0 Å². The molecule has 1 aliphatic heterocycles. The molecule has 0 radical (unpaired) electrons. The molecule has 0 fully saturated rings. The predicted octanol–water partition coefficient (Wildman–Crippen LogP) is 9.38. The molecule has 2 unspecified atom stereocenters. The van der Waals surface area contributed by atoms with E-state index >= 15 is 0 Å². The molecule has 3 nitrogen and oxygen atoms in total. The van der Waals surface area contributed by atoms with Gasteiger partial charge in [0.05, 0.1) is 5.56 Å². The van der Waals surface area contributed by atoms with Gasteiger partial charge in [-0.05, 0) is 55.4 Å². The van der Waals surface area contributed by atoms with Crippen LogP contribution in [0.3, 0.4) is 0 Å². The van der Waals surface area contributed by atoms with Crippen LogP contribution in [0.5, 0.6) is 0 Å². The highest BCUT2D eigenvalue weighted by atomic mass is 16.3. The number of fused-ring (bicyclic) bond motifs is 6. The Bertz CT molecular complexity index is 1680. The van der Waals surface area contributed by atoms with E-state index in [9.17, 15) is 0 Å². The van der Waals surface area contributed by atoms with Crippen molar-refractivity contribution in [3.8, 4) is 17.1 Å². The second-order valence-electron chi connectivity index (χ2n) is 12.2. The zero-order valence-corrected chi connectivity index (χ0v) is 24.2. The van der Waals surface area contributed by atoms with Gasteiger partial charge in [0.2, 0.25) is 0 Å². The minimum Gasteiger partial charge on any atom is -0.456 e. The van der Waals surface area contributed by atoms with Crippen molar-refractivity contribution in [1.29, 1.82) is 0 Å². The zero-order valence-electron chi connectivity index (χ0n) is 24.2. The molecule has 3 aromatic carbocycles. The highest BCUT2D eigenvalue weighted by Crippen LogP contribution is 2.51. The van der Waals surface area contributed by atoms with Crippen molar-refractivity contribution in [2.45, 2.75) is 91.0 Å². The maximum Gasteiger partial charge on any atom is 0.294 e. The van der Waals surface area contributed by atoms with Gasteiger partial charge < -0.3 is 4.42 Å². The first-order chi connectivity index (χ1) is 18.2. The van der Waals surface area contributed by atoms with Crippen LogP contribution in [0.25, 0.3) is 39.0 Å². The van der Waals surface area contributed by atoms with E-state index in [2.05, 4.69) is 132 Å². The first-order valence-corrected chi connectivity index (χ1v) is 14.4. The third-order valence-corrected chi connectivity index (χ3v) is 9.85. The molecule has 5 aromatic rings. The molecule has 3 heteroatoms. The summed E-state index contributed by atoms with van der Waals surface area (Å²) < 4.78 is 11.5. The molecule has 0 bridgehead atoms. The van der Waals surface area contributed by atoms with Gasteiger partial charge in [0, 0.05) is 27.3 Å². The Balaban J connectivity index is 1.79. The molecule has 0 spiro atoms. The van der Waals surface area contributed by atoms with Gasteiger partial charge in [0.15, 0.2) is 0 Å². The number of aromatic nitrogens is 2. The lowest BCUT2D eigenvalue weighted by Crippen LogP contribution is -2.67. The highest BCUT2D eigenvalue weighted by molar-refractivity contribution is 6.08. The van der Waals surface area contributed by atoms with Gasteiger partial charge in [-0.1, -0.05) is 84.9 Å². The predicted molar refractivity (Wildman–Crippen MR) is 158 cm³/mol. The number of imidazole rings is 1. The Labute approximate surface area is 227 Å². The number of hydrogen-bond donors (Lipinski definition) is 0. The van der Waals surface area contributed by atoms with E-state index in [0.717, 1.165) is 24.0 Å². The quantitative estimate of drug-likeness (QED) is 0.218. The van der Waals surface area contributed by atoms with Gasteiger partial charge in [0.1, 0.15) is 34.8 Å². The van der Waals surface area contributed by atoms with Gasteiger partial charge in [0.25, 0.3) is 5.82 Å². The summed E-state index contributed by atoms with van der Waals surface area (Å²) in [5, 5.41) is 2.46. The zero-order chi connectivity index (χ0) is 27.0. The number of nitrogens with zero attached hydrogens (tertiary/aromatic N) is 2. The van der Waals surface area contributed by atoms with Crippen molar-refractivity contribution in [1.82, 2.24) is 4.57 Å². The minimum absolute atomic E-state index is 0.0364. The van der Waals surface area contributed by atoms with Crippen molar-refractivity contribution in [2.24, 2.45) is 0 Å². The lowest BCUT2D eigenvalue weighted by Gasteiger charge is -2.47. The number of furan rings is 1. The van der Waals surface area contributed by atoms with Crippen molar-refractivity contribution in [2.75, 3.05) is 0 Å². The van der Waals surface area contributed by atoms with Crippen molar-refractivity contribution < 1.29 is 8.98 Å². The van der Waals surface area contributed by atoms with E-state index in [1.54, 1.807) is 0 Å². The Kier molecular flexibility index (Phi) is 5.65. The lowest BCUT2D eigenvalue weighted by molar-refractivity contribution is -0.764. The first-order valence-electron chi connectivity index (χ1n) is 14.4. The van der Waals surface area contributed by atoms with Crippen LogP contribution in [-0.2, 0) is 11.0 Å². The second-order valence-corrected chi connectivity index (χ2v) is 12.2. The summed E-state index contributed by atoms with van der Waals surface area (Å²) in [6.07, 6.45) is 6.82. The number of benzene rings is 3. The Morgan fingerprint density at radius 2 is 1.58 bits per heavy atom. The van der Waals surface area contributed by atoms with E-state index < -0.39 is 0 Å². The normalized spacial score (nSPS) is 21.0. The minimum atomic E-state index is -0.0425. The third-order valence-electron chi connectivity index (χ3n) is 9.85. The van der Waals surface area contributed by atoms with E-state index in [4.69, 9.17) is 4.42 Å². The standard InChI is InChI=1S/C35H41N2O/c1-9-34(7)27-17-13-11-15-24(27)33-36(19-20-37(33)35(34,8)10-2)32-26(22(3)4)21-29-31(30(32)23(5)6)25-16-12-14-18-28(25)38-29/h11-23H,9-10H2,1-8H3/q+1. The Morgan fingerprint density at radius 3 is 2.26 bits per heavy atom. The van der Waals surface area contributed by atoms with Gasteiger partial charge in [-0.15, -0.1) is 0 Å². The fourth-order valence-electron chi connectivity index (χ4n) is 7.27. The van der Waals surface area contributed by atoms with E-state index in [0.29, 0.717) is 11.8 Å². The molecule has 0 saturated carbocycles. The Morgan fingerprint density at radius 1 is 0.868 bits per heavy atom. The Hall–Kier alpha value is -3.33. The molecule has 0 aliphatic carbocycles. The molecule has 6 rings (SSSR count). The van der Waals surface area contributed by atoms with Crippen molar-refractivity contribution >= 4 is 21.9 Å². The van der Waals surface area contributed by atoms with E-state index in [1.165, 1.54) is 44.5 Å². The smallest absolute Gasteiger partial charge is 0.294 e. The van der Waals surface area contributed by atoms with Gasteiger partial charge in [-0.2, -0.15) is 4.57 Å². The van der Waals surface area contributed by atoms with Crippen LogP contribution >= 0.6 is 0 Å². The summed E-state index contributed by atoms with van der Waals surface area (Å²) in [7, 11) is 0. The van der Waals surface area contributed by atoms with Crippen molar-refractivity contribution in [3.05, 3.63) is 83.7 Å². The number of hydrogen-bond acceptors (Lipinski definition) is 1. The SMILES string of the molecule is CCC1(C)c2ccccc2-c2n(-c3c(C(C)C)cc4oc5ccccc5c4c3C(C)C)cc[n+]2C1(C)CC. The maximum atomic E-state index is 6.45. The van der Waals surface area contributed by atoms with E-state index in [-0.39, 0.29) is 11.0 Å². The van der Waals surface area contributed by atoms with Gasteiger partial charge in [-0.25, -0.2) is 4.57 Å². The first kappa shape index (κ1) is 25.0. The molecule has 1 aliphatic rings. The van der Waals surface area contributed by atoms with Gasteiger partial charge >= 0.3 is 0 Å². The average molecular weight is 506 g/mol. The van der Waals surface area contributed by atoms with Crippen LogP contribution in [-0.4, -0.2) is 4.57 Å². The molecule has 38 heavy (non-hydrogen) atoms. The highest BCUT2D eigenvalue weighted by Gasteiger charge is 2.55. The van der Waals surface area contributed by atoms with Crippen LogP contribution in [0.4, 0.5) is 0 Å². The fraction of sp³-hybridized carbons (Fsp3) is 0.400. The van der Waals surface area contributed by atoms with Crippen LogP contribution in [0.2, 0.25) is 0 Å². The molecule has 0 saturated heterocycles. The molecule has 3 heterocycles. The molecular formula is C35H41N2O+. The van der Waals surface area contributed by atoms with Crippen LogP contribution in [0.15, 0.2) is 71.4 Å². The number of para-hydroxylation sites is 1.